The summed E-state index contributed by atoms with van der Waals surface area (Å²) in [6, 6.07) is 0. The largest absolute Gasteiger partial charge is 0.373 e. The van der Waals surface area contributed by atoms with Crippen molar-refractivity contribution in [3.05, 3.63) is 0 Å². The second-order valence-corrected chi connectivity index (χ2v) is 2.54. The monoisotopic (exact) mass is 190 g/mol. The first-order chi connectivity index (χ1) is 6.20. The van der Waals surface area contributed by atoms with Gasteiger partial charge >= 0.3 is 11.9 Å². The van der Waals surface area contributed by atoms with E-state index >= 15 is 0 Å². The zero-order valence-electron chi connectivity index (χ0n) is 7.32. The maximum atomic E-state index is 10.5. The lowest BCUT2D eigenvalue weighted by molar-refractivity contribution is -0.144. The van der Waals surface area contributed by atoms with Crippen LogP contribution in [0.1, 0.15) is 32.1 Å². The Labute approximate surface area is 76.1 Å². The Morgan fingerprint density at radius 1 is 0.846 bits per heavy atom. The molecule has 0 aliphatic carbocycles. The van der Waals surface area contributed by atoms with Crippen LogP contribution in [0.2, 0.25) is 0 Å². The summed E-state index contributed by atoms with van der Waals surface area (Å²) in [7, 11) is 0. The quantitative estimate of drug-likeness (QED) is 0.442. The minimum atomic E-state index is -0.443. The molecule has 0 aliphatic rings. The molecule has 0 atom stereocenters. The Hall–Kier alpha value is -1.14. The van der Waals surface area contributed by atoms with Crippen molar-refractivity contribution in [1.82, 2.24) is 0 Å². The number of unbranched alkanes of at least 4 members (excludes halogenated alkanes) is 2. The van der Waals surface area contributed by atoms with Crippen LogP contribution in [0.3, 0.4) is 0 Å². The number of carbonyl (C=O) groups is 2. The van der Waals surface area contributed by atoms with Gasteiger partial charge in [0.05, 0.1) is 0 Å². The molecule has 0 heterocycles. The number of nitrogens with two attached hydrogens (primary N) is 2. The highest BCUT2D eigenvalue weighted by atomic mass is 16.7. The molecule has 0 saturated heterocycles. The maximum Gasteiger partial charge on any atom is 0.324 e. The summed E-state index contributed by atoms with van der Waals surface area (Å²) in [5.74, 6) is 8.35. The highest BCUT2D eigenvalue weighted by Crippen LogP contribution is 2.03. The summed E-state index contributed by atoms with van der Waals surface area (Å²) in [6.07, 6.45) is 2.58. The van der Waals surface area contributed by atoms with Gasteiger partial charge in [0.1, 0.15) is 0 Å². The Balaban J connectivity index is 3.17. The molecule has 76 valence electrons. The fourth-order valence-electron chi connectivity index (χ4n) is 0.833. The van der Waals surface area contributed by atoms with Crippen molar-refractivity contribution in [2.75, 3.05) is 0 Å². The standard InChI is InChI=1S/C7H14N2O4/c8-12-6(10)4-2-1-3-5-7(11)13-9/h1-5,8-9H2. The fraction of sp³-hybridized carbons (Fsp3) is 0.714. The van der Waals surface area contributed by atoms with Gasteiger partial charge in [0.15, 0.2) is 0 Å². The molecule has 0 aromatic heterocycles. The summed E-state index contributed by atoms with van der Waals surface area (Å²) >= 11 is 0. The van der Waals surface area contributed by atoms with E-state index in [0.717, 1.165) is 6.42 Å². The van der Waals surface area contributed by atoms with E-state index in [-0.39, 0.29) is 12.8 Å². The van der Waals surface area contributed by atoms with Gasteiger partial charge in [-0.25, -0.2) is 0 Å². The normalized spacial score (nSPS) is 9.38. The lowest BCUT2D eigenvalue weighted by atomic mass is 10.1. The first-order valence-electron chi connectivity index (χ1n) is 4.00. The molecule has 6 nitrogen and oxygen atoms in total. The van der Waals surface area contributed by atoms with Crippen molar-refractivity contribution in [2.45, 2.75) is 32.1 Å². The second-order valence-electron chi connectivity index (χ2n) is 2.54. The predicted molar refractivity (Wildman–Crippen MR) is 43.6 cm³/mol. The second kappa shape index (κ2) is 7.51. The first kappa shape index (κ1) is 11.9. The highest BCUT2D eigenvalue weighted by molar-refractivity contribution is 5.69. The van der Waals surface area contributed by atoms with Gasteiger partial charge in [-0.15, -0.1) is 0 Å². The molecule has 0 fully saturated rings. The zero-order chi connectivity index (χ0) is 10.1. The summed E-state index contributed by atoms with van der Waals surface area (Å²) in [5, 5.41) is 0. The molecule has 0 unspecified atom stereocenters. The van der Waals surface area contributed by atoms with Crippen LogP contribution in [-0.4, -0.2) is 11.9 Å². The molecule has 4 N–H and O–H groups in total. The van der Waals surface area contributed by atoms with Gasteiger partial charge in [-0.2, -0.15) is 11.8 Å². The smallest absolute Gasteiger partial charge is 0.324 e. The SMILES string of the molecule is NOC(=O)CCCCCC(=O)ON. The third kappa shape index (κ3) is 7.23. The fourth-order valence-corrected chi connectivity index (χ4v) is 0.833. The molecule has 0 saturated carbocycles. The van der Waals surface area contributed by atoms with Gasteiger partial charge in [0, 0.05) is 12.8 Å². The summed E-state index contributed by atoms with van der Waals surface area (Å²) in [4.78, 5) is 28.9. The minimum absolute atomic E-state index is 0.272. The molecule has 0 aromatic carbocycles. The van der Waals surface area contributed by atoms with Crippen LogP contribution >= 0.6 is 0 Å². The van der Waals surface area contributed by atoms with E-state index in [1.807, 2.05) is 0 Å². The molecule has 0 rings (SSSR count). The van der Waals surface area contributed by atoms with Crippen LogP contribution in [-0.2, 0) is 19.3 Å². The van der Waals surface area contributed by atoms with E-state index in [1.54, 1.807) is 0 Å². The van der Waals surface area contributed by atoms with Gasteiger partial charge < -0.3 is 9.68 Å². The van der Waals surface area contributed by atoms with Gasteiger partial charge in [-0.1, -0.05) is 6.42 Å². The average molecular weight is 190 g/mol. The Morgan fingerprint density at radius 2 is 1.23 bits per heavy atom. The first-order valence-corrected chi connectivity index (χ1v) is 4.00. The molecule has 0 bridgehead atoms. The Morgan fingerprint density at radius 3 is 1.54 bits per heavy atom. The average Bonchev–Trinajstić information content (AvgIpc) is 2.16. The van der Waals surface area contributed by atoms with Crippen molar-refractivity contribution in [3.63, 3.8) is 0 Å². The molecule has 13 heavy (non-hydrogen) atoms. The van der Waals surface area contributed by atoms with E-state index in [4.69, 9.17) is 0 Å². The number of rotatable bonds is 6. The number of carbonyl (C=O) groups excluding carboxylic acids is 2. The third-order valence-corrected chi connectivity index (χ3v) is 1.52. The van der Waals surface area contributed by atoms with E-state index in [1.165, 1.54) is 0 Å². The molecule has 0 aliphatic heterocycles. The van der Waals surface area contributed by atoms with Crippen molar-refractivity contribution in [2.24, 2.45) is 11.8 Å². The molecular weight excluding hydrogens is 176 g/mol. The Bertz CT molecular complexity index is 154. The lowest BCUT2D eigenvalue weighted by Crippen LogP contribution is -2.10. The van der Waals surface area contributed by atoms with Crippen molar-refractivity contribution in [1.29, 1.82) is 0 Å². The van der Waals surface area contributed by atoms with Crippen LogP contribution in [0.15, 0.2) is 0 Å². The molecule has 0 spiro atoms. The van der Waals surface area contributed by atoms with Crippen LogP contribution in [0, 0.1) is 0 Å². The van der Waals surface area contributed by atoms with E-state index in [2.05, 4.69) is 21.5 Å². The van der Waals surface area contributed by atoms with Crippen LogP contribution < -0.4 is 11.8 Å². The van der Waals surface area contributed by atoms with Gasteiger partial charge in [-0.3, -0.25) is 9.59 Å². The van der Waals surface area contributed by atoms with Gasteiger partial charge in [-0.05, 0) is 12.8 Å². The van der Waals surface area contributed by atoms with E-state index in [0.29, 0.717) is 12.8 Å². The molecule has 0 aromatic rings. The van der Waals surface area contributed by atoms with Crippen molar-refractivity contribution in [3.8, 4) is 0 Å². The summed E-state index contributed by atoms with van der Waals surface area (Å²) in [6.45, 7) is 0. The van der Waals surface area contributed by atoms with Crippen molar-refractivity contribution < 1.29 is 19.3 Å². The molecule has 0 amide bonds. The highest BCUT2D eigenvalue weighted by Gasteiger charge is 2.02. The number of hydrogen-bond donors (Lipinski definition) is 2. The molecule has 6 heteroatoms. The Kier molecular flexibility index (Phi) is 6.85. The summed E-state index contributed by atoms with van der Waals surface area (Å²) in [5.41, 5.74) is 0. The summed E-state index contributed by atoms with van der Waals surface area (Å²) < 4.78 is 0. The van der Waals surface area contributed by atoms with E-state index in [9.17, 15) is 9.59 Å². The lowest BCUT2D eigenvalue weighted by Gasteiger charge is -1.98. The van der Waals surface area contributed by atoms with Crippen LogP contribution in [0.25, 0.3) is 0 Å². The third-order valence-electron chi connectivity index (χ3n) is 1.52. The van der Waals surface area contributed by atoms with Gasteiger partial charge in [0.2, 0.25) is 0 Å². The van der Waals surface area contributed by atoms with Crippen molar-refractivity contribution >= 4 is 11.9 Å². The van der Waals surface area contributed by atoms with Crippen LogP contribution in [0.4, 0.5) is 0 Å². The number of hydrogen-bond acceptors (Lipinski definition) is 6. The molecular formula is C7H14N2O4. The topological polar surface area (TPSA) is 105 Å². The zero-order valence-corrected chi connectivity index (χ0v) is 7.32. The van der Waals surface area contributed by atoms with Gasteiger partial charge in [0.25, 0.3) is 0 Å². The van der Waals surface area contributed by atoms with Crippen LogP contribution in [0.5, 0.6) is 0 Å². The minimum Gasteiger partial charge on any atom is -0.373 e. The van der Waals surface area contributed by atoms with E-state index < -0.39 is 11.9 Å². The molecule has 0 radical (unpaired) electrons. The maximum absolute atomic E-state index is 10.5. The predicted octanol–water partition coefficient (Wildman–Crippen LogP) is -0.229.